The molecule has 0 fully saturated rings. The second-order valence-corrected chi connectivity index (χ2v) is 3.83. The zero-order valence-corrected chi connectivity index (χ0v) is 10.2. The van der Waals surface area contributed by atoms with Crippen LogP contribution in [0.25, 0.3) is 0 Å². The van der Waals surface area contributed by atoms with E-state index in [2.05, 4.69) is 0 Å². The van der Waals surface area contributed by atoms with E-state index in [-0.39, 0.29) is 29.9 Å². The molecule has 0 radical (unpaired) electrons. The molecule has 0 aliphatic heterocycles. The van der Waals surface area contributed by atoms with Gasteiger partial charge in [0.05, 0.1) is 25.3 Å². The molecule has 17 heavy (non-hydrogen) atoms. The number of carbonyl (C=O) groups excluding carboxylic acids is 1. The Morgan fingerprint density at radius 2 is 2.18 bits per heavy atom. The van der Waals surface area contributed by atoms with Crippen LogP contribution in [0.3, 0.4) is 0 Å². The second kappa shape index (κ2) is 5.54. The van der Waals surface area contributed by atoms with Crippen molar-refractivity contribution in [1.82, 2.24) is 4.90 Å². The average molecular weight is 239 g/mol. The van der Waals surface area contributed by atoms with Crippen molar-refractivity contribution in [3.63, 3.8) is 0 Å². The topological polar surface area (TPSA) is 70.0 Å². The highest BCUT2D eigenvalue weighted by Crippen LogP contribution is 2.24. The van der Waals surface area contributed by atoms with E-state index >= 15 is 0 Å². The summed E-state index contributed by atoms with van der Waals surface area (Å²) in [4.78, 5) is 13.4. The van der Waals surface area contributed by atoms with E-state index < -0.39 is 0 Å². The largest absolute Gasteiger partial charge is 0.507 e. The highest BCUT2D eigenvalue weighted by Gasteiger charge is 2.20. The number of aliphatic hydroxyl groups excluding tert-OH is 1. The van der Waals surface area contributed by atoms with Crippen LogP contribution in [0.15, 0.2) is 18.2 Å². The van der Waals surface area contributed by atoms with Gasteiger partial charge < -0.3 is 19.8 Å². The first-order valence-corrected chi connectivity index (χ1v) is 5.26. The first-order valence-electron chi connectivity index (χ1n) is 5.26. The molecule has 5 nitrogen and oxygen atoms in total. The minimum Gasteiger partial charge on any atom is -0.507 e. The maximum Gasteiger partial charge on any atom is 0.257 e. The monoisotopic (exact) mass is 239 g/mol. The first-order chi connectivity index (χ1) is 8.01. The van der Waals surface area contributed by atoms with Crippen molar-refractivity contribution < 1.29 is 19.7 Å². The summed E-state index contributed by atoms with van der Waals surface area (Å²) in [5.41, 5.74) is 0.159. The fourth-order valence-electron chi connectivity index (χ4n) is 1.33. The molecular formula is C12H17NO4. The number of ether oxygens (including phenoxy) is 1. The lowest BCUT2D eigenvalue weighted by Gasteiger charge is -2.23. The van der Waals surface area contributed by atoms with E-state index in [1.54, 1.807) is 20.0 Å². The minimum absolute atomic E-state index is 0.104. The first kappa shape index (κ1) is 13.3. The highest BCUT2D eigenvalue weighted by molar-refractivity contribution is 5.97. The van der Waals surface area contributed by atoms with E-state index in [9.17, 15) is 9.90 Å². The smallest absolute Gasteiger partial charge is 0.257 e. The summed E-state index contributed by atoms with van der Waals surface area (Å²) in [6.07, 6.45) is 0. The maximum absolute atomic E-state index is 12.0. The van der Waals surface area contributed by atoms with E-state index in [0.717, 1.165) is 0 Å². The van der Waals surface area contributed by atoms with Crippen molar-refractivity contribution in [2.45, 2.75) is 13.0 Å². The quantitative estimate of drug-likeness (QED) is 0.817. The maximum atomic E-state index is 12.0. The van der Waals surface area contributed by atoms with Crippen LogP contribution in [-0.4, -0.2) is 47.8 Å². The SMILES string of the molecule is COc1ccc(O)c(C(=O)N(C)C(C)CO)c1. The number of hydrogen-bond donors (Lipinski definition) is 2. The van der Waals surface area contributed by atoms with Crippen LogP contribution >= 0.6 is 0 Å². The lowest BCUT2D eigenvalue weighted by Crippen LogP contribution is -2.37. The fraction of sp³-hybridized carbons (Fsp3) is 0.417. The van der Waals surface area contributed by atoms with Crippen LogP contribution in [-0.2, 0) is 0 Å². The molecule has 0 heterocycles. The van der Waals surface area contributed by atoms with Gasteiger partial charge in [-0.2, -0.15) is 0 Å². The highest BCUT2D eigenvalue weighted by atomic mass is 16.5. The third kappa shape index (κ3) is 2.88. The van der Waals surface area contributed by atoms with E-state index in [0.29, 0.717) is 5.75 Å². The molecule has 2 N–H and O–H groups in total. The molecule has 1 rings (SSSR count). The molecule has 1 aromatic carbocycles. The molecule has 94 valence electrons. The van der Waals surface area contributed by atoms with Gasteiger partial charge in [0.1, 0.15) is 11.5 Å². The molecule has 1 atom stereocenters. The summed E-state index contributed by atoms with van der Waals surface area (Å²) in [7, 11) is 3.06. The number of nitrogens with zero attached hydrogens (tertiary/aromatic N) is 1. The Bertz CT molecular complexity index is 405. The van der Waals surface area contributed by atoms with Gasteiger partial charge in [-0.05, 0) is 25.1 Å². The van der Waals surface area contributed by atoms with Gasteiger partial charge >= 0.3 is 0 Å². The lowest BCUT2D eigenvalue weighted by molar-refractivity contribution is 0.0679. The predicted molar refractivity (Wildman–Crippen MR) is 63.3 cm³/mol. The molecular weight excluding hydrogens is 222 g/mol. The number of carbonyl (C=O) groups is 1. The Kier molecular flexibility index (Phi) is 4.34. The number of hydrogen-bond acceptors (Lipinski definition) is 4. The molecule has 5 heteroatoms. The van der Waals surface area contributed by atoms with Crippen LogP contribution < -0.4 is 4.74 Å². The molecule has 1 unspecified atom stereocenters. The number of aromatic hydroxyl groups is 1. The molecule has 1 aromatic rings. The average Bonchev–Trinajstić information content (AvgIpc) is 2.36. The standard InChI is InChI=1S/C12H17NO4/c1-8(7-14)13(2)12(16)10-6-9(17-3)4-5-11(10)15/h4-6,8,14-15H,7H2,1-3H3. The van der Waals surface area contributed by atoms with Crippen molar-refractivity contribution in [3.8, 4) is 11.5 Å². The number of benzene rings is 1. The third-order valence-electron chi connectivity index (χ3n) is 2.68. The number of amides is 1. The van der Waals surface area contributed by atoms with Gasteiger partial charge in [0.2, 0.25) is 0 Å². The number of likely N-dealkylation sites (N-methyl/N-ethyl adjacent to an activating group) is 1. The zero-order valence-electron chi connectivity index (χ0n) is 10.2. The van der Waals surface area contributed by atoms with Gasteiger partial charge in [0, 0.05) is 7.05 Å². The minimum atomic E-state index is -0.358. The molecule has 0 aromatic heterocycles. The number of aliphatic hydroxyl groups is 1. The van der Waals surface area contributed by atoms with Gasteiger partial charge in [-0.3, -0.25) is 4.79 Å². The molecule has 0 saturated carbocycles. The van der Waals surface area contributed by atoms with Gasteiger partial charge in [-0.15, -0.1) is 0 Å². The Labute approximate surface area is 100 Å². The van der Waals surface area contributed by atoms with Crippen molar-refractivity contribution in [3.05, 3.63) is 23.8 Å². The summed E-state index contributed by atoms with van der Waals surface area (Å²) >= 11 is 0. The number of methoxy groups -OCH3 is 1. The number of phenols is 1. The van der Waals surface area contributed by atoms with Crippen LogP contribution in [0.4, 0.5) is 0 Å². The Balaban J connectivity index is 3.02. The van der Waals surface area contributed by atoms with Crippen molar-refractivity contribution in [2.24, 2.45) is 0 Å². The van der Waals surface area contributed by atoms with Gasteiger partial charge in [0.15, 0.2) is 0 Å². The molecule has 1 amide bonds. The van der Waals surface area contributed by atoms with Crippen molar-refractivity contribution in [2.75, 3.05) is 20.8 Å². The number of phenolic OH excluding ortho intramolecular Hbond substituents is 1. The Hall–Kier alpha value is -1.75. The summed E-state index contributed by atoms with van der Waals surface area (Å²) in [5, 5.41) is 18.6. The van der Waals surface area contributed by atoms with Gasteiger partial charge in [-0.1, -0.05) is 0 Å². The fourth-order valence-corrected chi connectivity index (χ4v) is 1.33. The van der Waals surface area contributed by atoms with Crippen LogP contribution in [0.5, 0.6) is 11.5 Å². The second-order valence-electron chi connectivity index (χ2n) is 3.83. The Morgan fingerprint density at radius 3 is 2.71 bits per heavy atom. The predicted octanol–water partition coefficient (Wildman–Crippen LogP) is 0.854. The molecule has 0 spiro atoms. The summed E-state index contributed by atoms with van der Waals surface area (Å²) in [6.45, 7) is 1.59. The zero-order chi connectivity index (χ0) is 13.0. The molecule has 0 saturated heterocycles. The van der Waals surface area contributed by atoms with Crippen LogP contribution in [0.1, 0.15) is 17.3 Å². The summed E-state index contributed by atoms with van der Waals surface area (Å²) in [5.74, 6) is 0.0342. The Morgan fingerprint density at radius 1 is 1.53 bits per heavy atom. The third-order valence-corrected chi connectivity index (χ3v) is 2.68. The van der Waals surface area contributed by atoms with Crippen LogP contribution in [0.2, 0.25) is 0 Å². The van der Waals surface area contributed by atoms with Crippen molar-refractivity contribution >= 4 is 5.91 Å². The summed E-state index contributed by atoms with van der Waals surface area (Å²) in [6, 6.07) is 4.14. The van der Waals surface area contributed by atoms with E-state index in [1.807, 2.05) is 0 Å². The summed E-state index contributed by atoms with van der Waals surface area (Å²) < 4.78 is 5.00. The van der Waals surface area contributed by atoms with Gasteiger partial charge in [0.25, 0.3) is 5.91 Å². The van der Waals surface area contributed by atoms with E-state index in [1.165, 1.54) is 24.1 Å². The van der Waals surface area contributed by atoms with Crippen LogP contribution in [0, 0.1) is 0 Å². The van der Waals surface area contributed by atoms with Gasteiger partial charge in [-0.25, -0.2) is 0 Å². The number of rotatable bonds is 4. The molecule has 0 aliphatic rings. The van der Waals surface area contributed by atoms with E-state index in [4.69, 9.17) is 9.84 Å². The normalized spacial score (nSPS) is 12.0. The molecule has 0 aliphatic carbocycles. The lowest BCUT2D eigenvalue weighted by atomic mass is 10.1. The van der Waals surface area contributed by atoms with Crippen molar-refractivity contribution in [1.29, 1.82) is 0 Å². The molecule has 0 bridgehead atoms.